The van der Waals surface area contributed by atoms with E-state index in [4.69, 9.17) is 34.8 Å². The van der Waals surface area contributed by atoms with Gasteiger partial charge in [0.05, 0.1) is 21.8 Å². The molecule has 0 aliphatic heterocycles. The molecule has 1 N–H and O–H groups in total. The molecule has 13 heteroatoms. The van der Waals surface area contributed by atoms with Crippen molar-refractivity contribution in [3.63, 3.8) is 0 Å². The Morgan fingerprint density at radius 2 is 1.63 bits per heavy atom. The molecule has 0 atom stereocenters. The predicted octanol–water partition coefficient (Wildman–Crippen LogP) is 5.47. The summed E-state index contributed by atoms with van der Waals surface area (Å²) in [6.45, 7) is 0. The van der Waals surface area contributed by atoms with Crippen LogP contribution < -0.4 is 4.72 Å². The minimum Gasteiger partial charge on any atom is -0.268 e. The van der Waals surface area contributed by atoms with E-state index in [-0.39, 0.29) is 27.0 Å². The number of hydrogen-bond acceptors (Lipinski definition) is 4. The smallest absolute Gasteiger partial charge is 0.268 e. The Labute approximate surface area is 214 Å². The van der Waals surface area contributed by atoms with Crippen molar-refractivity contribution >= 4 is 61.8 Å². The molecule has 4 rings (SSSR count). The highest BCUT2D eigenvalue weighted by molar-refractivity contribution is 7.87. The lowest BCUT2D eigenvalue weighted by Gasteiger charge is -2.14. The summed E-state index contributed by atoms with van der Waals surface area (Å²) in [6, 6.07) is 10.7. The van der Waals surface area contributed by atoms with Crippen molar-refractivity contribution in [3.8, 4) is 16.9 Å². The van der Waals surface area contributed by atoms with Gasteiger partial charge in [0.25, 0.3) is 5.91 Å². The molecule has 35 heavy (non-hydrogen) atoms. The van der Waals surface area contributed by atoms with Gasteiger partial charge in [-0.15, -0.1) is 0 Å². The van der Waals surface area contributed by atoms with E-state index < -0.39 is 33.3 Å². The number of carbonyl (C=O) groups excluding carboxylic acids is 1. The Kier molecular flexibility index (Phi) is 6.78. The van der Waals surface area contributed by atoms with Crippen LogP contribution in [0.5, 0.6) is 0 Å². The van der Waals surface area contributed by atoms with Gasteiger partial charge in [-0.3, -0.25) is 4.79 Å². The lowest BCUT2D eigenvalue weighted by Crippen LogP contribution is -2.39. The first-order valence-electron chi connectivity index (χ1n) is 9.77. The second-order valence-corrected chi connectivity index (χ2v) is 10.7. The molecular formula is C22H15Cl3F2N4O3S. The maximum absolute atomic E-state index is 15.0. The van der Waals surface area contributed by atoms with Crippen molar-refractivity contribution in [2.45, 2.75) is 0 Å². The maximum atomic E-state index is 15.0. The number of aromatic nitrogens is 2. The Morgan fingerprint density at radius 1 is 0.971 bits per heavy atom. The molecule has 0 unspecified atom stereocenters. The molecular weight excluding hydrogens is 545 g/mol. The highest BCUT2D eigenvalue weighted by Crippen LogP contribution is 2.35. The minimum absolute atomic E-state index is 0.0316. The predicted molar refractivity (Wildman–Crippen MR) is 132 cm³/mol. The Morgan fingerprint density at radius 3 is 2.29 bits per heavy atom. The monoisotopic (exact) mass is 558 g/mol. The zero-order valence-corrected chi connectivity index (χ0v) is 21.1. The van der Waals surface area contributed by atoms with Crippen LogP contribution in [-0.2, 0) is 10.2 Å². The molecule has 3 aromatic carbocycles. The summed E-state index contributed by atoms with van der Waals surface area (Å²) in [5.74, 6) is -2.88. The van der Waals surface area contributed by atoms with Crippen LogP contribution in [-0.4, -0.2) is 42.5 Å². The number of nitrogens with zero attached hydrogens (tertiary/aromatic N) is 3. The number of halogens is 5. The lowest BCUT2D eigenvalue weighted by molar-refractivity contribution is 0.0976. The minimum atomic E-state index is -4.16. The van der Waals surface area contributed by atoms with Crippen LogP contribution in [0.25, 0.3) is 27.8 Å². The molecule has 1 heterocycles. The lowest BCUT2D eigenvalue weighted by atomic mass is 10.1. The van der Waals surface area contributed by atoms with E-state index in [2.05, 4.69) is 5.10 Å². The molecule has 7 nitrogen and oxygen atoms in total. The van der Waals surface area contributed by atoms with Gasteiger partial charge in [-0.1, -0.05) is 34.8 Å². The summed E-state index contributed by atoms with van der Waals surface area (Å²) in [6.07, 6.45) is 0. The quantitative estimate of drug-likeness (QED) is 0.352. The number of rotatable bonds is 5. The van der Waals surface area contributed by atoms with E-state index in [9.17, 15) is 22.0 Å². The van der Waals surface area contributed by atoms with Crippen molar-refractivity contribution in [1.82, 2.24) is 18.8 Å². The molecule has 0 bridgehead atoms. The molecule has 0 fully saturated rings. The molecule has 0 aliphatic rings. The largest absolute Gasteiger partial charge is 0.303 e. The number of benzene rings is 3. The van der Waals surface area contributed by atoms with E-state index in [1.54, 1.807) is 22.9 Å². The zero-order chi connectivity index (χ0) is 25.7. The fourth-order valence-corrected chi connectivity index (χ4v) is 4.39. The highest BCUT2D eigenvalue weighted by Gasteiger charge is 2.24. The summed E-state index contributed by atoms with van der Waals surface area (Å²) in [5.41, 5.74) is 0.193. The topological polar surface area (TPSA) is 84.3 Å². The third kappa shape index (κ3) is 4.85. The standard InChI is InChI=1S/C22H15Cl3F2N4O3S/c1-30(2)35(33,34)29-22(32)14-9-16(25)20(10-18(14)27)31-19-6-4-11(23)7-15(19)21(28-31)13-5-3-12(24)8-17(13)26/h3-10H,1-2H3,(H,29,32). The van der Waals surface area contributed by atoms with Gasteiger partial charge in [0.1, 0.15) is 17.3 Å². The van der Waals surface area contributed by atoms with Crippen LogP contribution in [0.15, 0.2) is 48.5 Å². The third-order valence-corrected chi connectivity index (χ3v) is 7.22. The number of fused-ring (bicyclic) bond motifs is 1. The van der Waals surface area contributed by atoms with Gasteiger partial charge in [0.15, 0.2) is 0 Å². The molecule has 0 aliphatic carbocycles. The summed E-state index contributed by atoms with van der Waals surface area (Å²) in [7, 11) is -1.74. The summed E-state index contributed by atoms with van der Waals surface area (Å²) >= 11 is 18.4. The first-order valence-corrected chi connectivity index (χ1v) is 12.3. The molecule has 1 amide bonds. The van der Waals surface area contributed by atoms with Gasteiger partial charge in [-0.25, -0.2) is 18.2 Å². The molecule has 182 valence electrons. The molecule has 0 saturated carbocycles. The van der Waals surface area contributed by atoms with Crippen LogP contribution in [0.2, 0.25) is 15.1 Å². The van der Waals surface area contributed by atoms with E-state index in [1.165, 1.54) is 30.9 Å². The summed E-state index contributed by atoms with van der Waals surface area (Å²) < 4.78 is 57.3. The third-order valence-electron chi connectivity index (χ3n) is 5.04. The Bertz CT molecular complexity index is 1610. The molecule has 1 aromatic heterocycles. The SMILES string of the molecule is CN(C)S(=O)(=O)NC(=O)c1cc(Cl)c(-n2nc(-c3ccc(Cl)cc3F)c3cc(Cl)ccc32)cc1F. The summed E-state index contributed by atoms with van der Waals surface area (Å²) in [5, 5.41) is 5.34. The van der Waals surface area contributed by atoms with Gasteiger partial charge in [0, 0.05) is 41.2 Å². The van der Waals surface area contributed by atoms with Gasteiger partial charge < -0.3 is 0 Å². The van der Waals surface area contributed by atoms with Gasteiger partial charge in [-0.2, -0.15) is 17.8 Å². The number of carbonyl (C=O) groups is 1. The van der Waals surface area contributed by atoms with Gasteiger partial charge in [-0.05, 0) is 42.5 Å². The van der Waals surface area contributed by atoms with Crippen LogP contribution in [0.3, 0.4) is 0 Å². The van der Waals surface area contributed by atoms with Crippen LogP contribution in [0.1, 0.15) is 10.4 Å². The number of nitrogens with one attached hydrogen (secondary N) is 1. The number of hydrogen-bond donors (Lipinski definition) is 1. The number of amides is 1. The van der Waals surface area contributed by atoms with Crippen LogP contribution in [0.4, 0.5) is 8.78 Å². The van der Waals surface area contributed by atoms with Crippen LogP contribution >= 0.6 is 34.8 Å². The first-order chi connectivity index (χ1) is 16.4. The summed E-state index contributed by atoms with van der Waals surface area (Å²) in [4.78, 5) is 12.4. The fraction of sp³-hybridized carbons (Fsp3) is 0.0909. The Balaban J connectivity index is 1.87. The van der Waals surface area contributed by atoms with Crippen molar-refractivity contribution in [1.29, 1.82) is 0 Å². The molecule has 4 aromatic rings. The second kappa shape index (κ2) is 9.36. The van der Waals surface area contributed by atoms with E-state index >= 15 is 0 Å². The normalized spacial score (nSPS) is 11.9. The Hall–Kier alpha value is -2.76. The van der Waals surface area contributed by atoms with Crippen molar-refractivity contribution in [2.75, 3.05) is 14.1 Å². The van der Waals surface area contributed by atoms with Gasteiger partial charge in [0.2, 0.25) is 0 Å². The van der Waals surface area contributed by atoms with Crippen molar-refractivity contribution in [3.05, 3.63) is 80.8 Å². The maximum Gasteiger partial charge on any atom is 0.303 e. The molecule has 0 saturated heterocycles. The second-order valence-electron chi connectivity index (χ2n) is 7.55. The fourth-order valence-electron chi connectivity index (χ4n) is 3.29. The van der Waals surface area contributed by atoms with E-state index in [1.807, 2.05) is 0 Å². The van der Waals surface area contributed by atoms with Crippen LogP contribution in [0, 0.1) is 11.6 Å². The highest BCUT2D eigenvalue weighted by atomic mass is 35.5. The average molecular weight is 560 g/mol. The average Bonchev–Trinajstić information content (AvgIpc) is 3.12. The molecule has 0 spiro atoms. The van der Waals surface area contributed by atoms with Crippen molar-refractivity contribution in [2.24, 2.45) is 0 Å². The van der Waals surface area contributed by atoms with E-state index in [0.29, 0.717) is 15.9 Å². The zero-order valence-electron chi connectivity index (χ0n) is 18.0. The molecule has 0 radical (unpaired) electrons. The van der Waals surface area contributed by atoms with Crippen molar-refractivity contribution < 1.29 is 22.0 Å². The first kappa shape index (κ1) is 25.3. The van der Waals surface area contributed by atoms with E-state index in [0.717, 1.165) is 22.5 Å². The van der Waals surface area contributed by atoms with Gasteiger partial charge >= 0.3 is 10.2 Å².